The molecule has 0 aliphatic heterocycles. The molecule has 1 N–H and O–H groups in total. The number of anilines is 1. The average molecular weight is 598 g/mol. The van der Waals surface area contributed by atoms with Crippen molar-refractivity contribution in [2.24, 2.45) is 0 Å². The zero-order valence-electron chi connectivity index (χ0n) is 24.1. The van der Waals surface area contributed by atoms with Gasteiger partial charge in [-0.2, -0.15) is 0 Å². The Labute approximate surface area is 249 Å². The summed E-state index contributed by atoms with van der Waals surface area (Å²) in [6, 6.07) is 23.4. The van der Waals surface area contributed by atoms with Gasteiger partial charge < -0.3 is 10.2 Å². The van der Waals surface area contributed by atoms with Crippen LogP contribution in [0.5, 0.6) is 0 Å². The molecule has 3 rings (SSSR count). The highest BCUT2D eigenvalue weighted by atomic mass is 35.5. The zero-order valence-corrected chi connectivity index (χ0v) is 25.6. The van der Waals surface area contributed by atoms with E-state index in [0.29, 0.717) is 30.1 Å². The second-order valence-electron chi connectivity index (χ2n) is 10.2. The summed E-state index contributed by atoms with van der Waals surface area (Å²) < 4.78 is 26.7. The number of halogens is 1. The molecule has 0 aliphatic rings. The number of rotatable bonds is 15. The molecule has 0 heterocycles. The van der Waals surface area contributed by atoms with E-state index < -0.39 is 16.1 Å². The van der Waals surface area contributed by atoms with Crippen molar-refractivity contribution >= 4 is 39.1 Å². The van der Waals surface area contributed by atoms with E-state index in [2.05, 4.69) is 12.2 Å². The van der Waals surface area contributed by atoms with Gasteiger partial charge in [-0.1, -0.05) is 85.6 Å². The predicted molar refractivity (Wildman–Crippen MR) is 166 cm³/mol. The minimum absolute atomic E-state index is 0.0754. The maximum Gasteiger partial charge on any atom is 0.243 e. The van der Waals surface area contributed by atoms with E-state index in [9.17, 15) is 18.0 Å². The van der Waals surface area contributed by atoms with Gasteiger partial charge in [0.05, 0.1) is 11.9 Å². The van der Waals surface area contributed by atoms with Crippen LogP contribution in [0.4, 0.5) is 5.69 Å². The number of amides is 2. The van der Waals surface area contributed by atoms with E-state index >= 15 is 0 Å². The summed E-state index contributed by atoms with van der Waals surface area (Å²) in [5, 5.41) is 3.56. The first-order valence-corrected chi connectivity index (χ1v) is 16.2. The topological polar surface area (TPSA) is 86.8 Å². The van der Waals surface area contributed by atoms with Crippen molar-refractivity contribution in [2.75, 3.05) is 23.7 Å². The highest BCUT2D eigenvalue weighted by molar-refractivity contribution is 7.92. The lowest BCUT2D eigenvalue weighted by atomic mass is 10.0. The Morgan fingerprint density at radius 2 is 1.61 bits per heavy atom. The van der Waals surface area contributed by atoms with Gasteiger partial charge >= 0.3 is 0 Å². The number of carbonyl (C=O) groups is 2. The molecular weight excluding hydrogens is 558 g/mol. The van der Waals surface area contributed by atoms with E-state index in [1.165, 1.54) is 10.6 Å². The van der Waals surface area contributed by atoms with Gasteiger partial charge in [-0.05, 0) is 54.7 Å². The van der Waals surface area contributed by atoms with Crippen molar-refractivity contribution in [1.82, 2.24) is 10.2 Å². The number of hydrogen-bond acceptors (Lipinski definition) is 4. The van der Waals surface area contributed by atoms with Crippen LogP contribution in [-0.4, -0.2) is 50.5 Å². The second kappa shape index (κ2) is 15.6. The van der Waals surface area contributed by atoms with Gasteiger partial charge in [0.2, 0.25) is 21.8 Å². The molecule has 0 aliphatic carbocycles. The van der Waals surface area contributed by atoms with Crippen LogP contribution in [0.3, 0.4) is 0 Å². The van der Waals surface area contributed by atoms with Gasteiger partial charge in [-0.15, -0.1) is 0 Å². The average Bonchev–Trinajstić information content (AvgIpc) is 2.93. The van der Waals surface area contributed by atoms with Crippen LogP contribution in [-0.2, 0) is 32.6 Å². The molecule has 9 heteroatoms. The van der Waals surface area contributed by atoms with Crippen LogP contribution in [0.1, 0.15) is 49.3 Å². The van der Waals surface area contributed by atoms with E-state index in [1.54, 1.807) is 29.2 Å². The normalized spacial score (nSPS) is 12.0. The van der Waals surface area contributed by atoms with E-state index in [4.69, 9.17) is 11.6 Å². The molecule has 3 aromatic carbocycles. The number of carbonyl (C=O) groups excluding carboxylic acids is 2. The third-order valence-electron chi connectivity index (χ3n) is 6.88. The maximum absolute atomic E-state index is 13.9. The van der Waals surface area contributed by atoms with Crippen molar-refractivity contribution < 1.29 is 18.0 Å². The van der Waals surface area contributed by atoms with Crippen LogP contribution < -0.4 is 9.62 Å². The Morgan fingerprint density at radius 3 is 2.27 bits per heavy atom. The molecule has 3 aromatic rings. The predicted octanol–water partition coefficient (Wildman–Crippen LogP) is 5.75. The molecule has 0 saturated heterocycles. The Bertz CT molecular complexity index is 1400. The summed E-state index contributed by atoms with van der Waals surface area (Å²) in [7, 11) is -3.57. The number of sulfonamides is 1. The van der Waals surface area contributed by atoms with Gasteiger partial charge in [0, 0.05) is 37.5 Å². The summed E-state index contributed by atoms with van der Waals surface area (Å²) in [6.07, 6.45) is 3.67. The van der Waals surface area contributed by atoms with E-state index in [1.807, 2.05) is 61.5 Å². The monoisotopic (exact) mass is 597 g/mol. The fourth-order valence-corrected chi connectivity index (χ4v) is 5.95. The van der Waals surface area contributed by atoms with Crippen molar-refractivity contribution in [3.8, 4) is 0 Å². The fourth-order valence-electron chi connectivity index (χ4n) is 4.72. The highest BCUT2D eigenvalue weighted by Crippen LogP contribution is 2.23. The summed E-state index contributed by atoms with van der Waals surface area (Å²) in [6.45, 7) is 4.79. The van der Waals surface area contributed by atoms with Crippen molar-refractivity contribution in [3.63, 3.8) is 0 Å². The number of nitrogens with one attached hydrogen (secondary N) is 1. The van der Waals surface area contributed by atoms with Gasteiger partial charge in [0.25, 0.3) is 0 Å². The summed E-state index contributed by atoms with van der Waals surface area (Å²) in [5.41, 5.74) is 3.17. The number of benzene rings is 3. The number of hydrogen-bond donors (Lipinski definition) is 1. The van der Waals surface area contributed by atoms with Gasteiger partial charge in [-0.3, -0.25) is 13.9 Å². The largest absolute Gasteiger partial charge is 0.354 e. The highest BCUT2D eigenvalue weighted by Gasteiger charge is 2.30. The molecule has 0 aromatic heterocycles. The molecule has 0 bridgehead atoms. The molecule has 0 saturated carbocycles. The van der Waals surface area contributed by atoms with Gasteiger partial charge in [-0.25, -0.2) is 8.42 Å². The molecule has 0 unspecified atom stereocenters. The Hall–Kier alpha value is -3.36. The van der Waals surface area contributed by atoms with Crippen molar-refractivity contribution in [3.05, 3.63) is 101 Å². The summed E-state index contributed by atoms with van der Waals surface area (Å²) >= 11 is 6.25. The molecule has 2 amide bonds. The van der Waals surface area contributed by atoms with Crippen molar-refractivity contribution in [1.29, 1.82) is 0 Å². The third kappa shape index (κ3) is 9.90. The van der Waals surface area contributed by atoms with Crippen LogP contribution in [0.25, 0.3) is 0 Å². The Kier molecular flexibility index (Phi) is 12.2. The number of unbranched alkanes of at least 4 members (excludes halogenated alkanes) is 1. The SMILES string of the molecule is CCCCNC(=O)[C@H](Cc1ccccc1)N(Cc1cccc(Cl)c1)C(=O)CCCN(c1ccccc1C)S(C)(=O)=O. The first kappa shape index (κ1) is 32.2. The molecule has 0 spiro atoms. The minimum atomic E-state index is -3.57. The third-order valence-corrected chi connectivity index (χ3v) is 8.29. The van der Waals surface area contributed by atoms with Crippen LogP contribution in [0, 0.1) is 6.92 Å². The van der Waals surface area contributed by atoms with Crippen LogP contribution in [0.15, 0.2) is 78.9 Å². The maximum atomic E-state index is 13.9. The summed E-state index contributed by atoms with van der Waals surface area (Å²) in [4.78, 5) is 29.0. The van der Waals surface area contributed by atoms with Crippen LogP contribution in [0.2, 0.25) is 5.02 Å². The lowest BCUT2D eigenvalue weighted by molar-refractivity contribution is -0.141. The van der Waals surface area contributed by atoms with Gasteiger partial charge in [0.1, 0.15) is 6.04 Å². The Balaban J connectivity index is 1.88. The zero-order chi connectivity index (χ0) is 29.8. The first-order chi connectivity index (χ1) is 19.6. The number of para-hydroxylation sites is 1. The van der Waals surface area contributed by atoms with Crippen LogP contribution >= 0.6 is 11.6 Å². The molecule has 0 radical (unpaired) electrons. The summed E-state index contributed by atoms with van der Waals surface area (Å²) in [5.74, 6) is -0.440. The first-order valence-electron chi connectivity index (χ1n) is 14.0. The molecule has 7 nitrogen and oxygen atoms in total. The lowest BCUT2D eigenvalue weighted by Gasteiger charge is -2.32. The number of aryl methyl sites for hydroxylation is 1. The quantitative estimate of drug-likeness (QED) is 0.226. The van der Waals surface area contributed by atoms with E-state index in [0.717, 1.165) is 29.5 Å². The number of nitrogens with zero attached hydrogens (tertiary/aromatic N) is 2. The van der Waals surface area contributed by atoms with Gasteiger partial charge in [0.15, 0.2) is 0 Å². The molecular formula is C32H40ClN3O4S. The standard InChI is InChI=1S/C32H40ClN3O4S/c1-4-5-20-34-32(38)30(23-26-14-7-6-8-15-26)35(24-27-16-11-17-28(33)22-27)31(37)19-12-21-36(41(3,39)40)29-18-10-9-13-25(29)2/h6-11,13-18,22,30H,4-5,12,19-21,23-24H2,1-3H3,(H,34,38)/t30-/m0/s1. The smallest absolute Gasteiger partial charge is 0.243 e. The molecule has 41 heavy (non-hydrogen) atoms. The molecule has 220 valence electrons. The molecule has 0 fully saturated rings. The van der Waals surface area contributed by atoms with E-state index in [-0.39, 0.29) is 31.3 Å². The second-order valence-corrected chi connectivity index (χ2v) is 12.6. The minimum Gasteiger partial charge on any atom is -0.354 e. The fraction of sp³-hybridized carbons (Fsp3) is 0.375. The molecule has 1 atom stereocenters. The Morgan fingerprint density at radius 1 is 0.927 bits per heavy atom. The van der Waals surface area contributed by atoms with Crippen molar-refractivity contribution in [2.45, 2.75) is 58.5 Å². The lowest BCUT2D eigenvalue weighted by Crippen LogP contribution is -2.50.